The predicted octanol–water partition coefficient (Wildman–Crippen LogP) is 1.68. The minimum Gasteiger partial charge on any atom is -0.492 e. The maximum absolute atomic E-state index is 10.0. The van der Waals surface area contributed by atoms with Gasteiger partial charge in [0.15, 0.2) is 11.5 Å². The number of methoxy groups -OCH3 is 2. The van der Waals surface area contributed by atoms with Gasteiger partial charge in [0, 0.05) is 12.1 Å². The molecule has 1 aromatic carbocycles. The zero-order chi connectivity index (χ0) is 12.8. The van der Waals surface area contributed by atoms with Gasteiger partial charge < -0.3 is 19.9 Å². The van der Waals surface area contributed by atoms with Gasteiger partial charge in [0.1, 0.15) is 0 Å². The smallest absolute Gasteiger partial charge is 0.174 e. The summed E-state index contributed by atoms with van der Waals surface area (Å²) in [7, 11) is 4.98. The number of rotatable bonds is 6. The lowest BCUT2D eigenvalue weighted by atomic mass is 10.1. The number of thioether (sulfide) groups is 1. The molecule has 0 bridgehead atoms. The fourth-order valence-corrected chi connectivity index (χ4v) is 2.26. The van der Waals surface area contributed by atoms with E-state index in [1.165, 1.54) is 0 Å². The second-order valence-corrected chi connectivity index (χ2v) is 4.35. The first kappa shape index (κ1) is 14.2. The Labute approximate surface area is 106 Å². The highest BCUT2D eigenvalue weighted by Crippen LogP contribution is 2.41. The third-order valence-electron chi connectivity index (χ3n) is 2.49. The van der Waals surface area contributed by atoms with E-state index < -0.39 is 6.10 Å². The molecule has 1 rings (SSSR count). The Bertz CT molecular complexity index is 371. The lowest BCUT2D eigenvalue weighted by Crippen LogP contribution is -2.17. The van der Waals surface area contributed by atoms with Gasteiger partial charge in [0.2, 0.25) is 0 Å². The number of hydrogen-bond acceptors (Lipinski definition) is 5. The van der Waals surface area contributed by atoms with Crippen LogP contribution >= 0.6 is 11.8 Å². The fraction of sp³-hybridized carbons (Fsp3) is 0.500. The molecule has 1 aromatic rings. The van der Waals surface area contributed by atoms with E-state index in [0.29, 0.717) is 18.0 Å². The zero-order valence-electron chi connectivity index (χ0n) is 10.6. The molecule has 1 unspecified atom stereocenters. The molecule has 0 aliphatic carbocycles. The molecule has 2 N–H and O–H groups in total. The Morgan fingerprint density at radius 3 is 2.41 bits per heavy atom. The molecule has 0 radical (unpaired) electrons. The van der Waals surface area contributed by atoms with E-state index >= 15 is 0 Å². The molecule has 17 heavy (non-hydrogen) atoms. The maximum Gasteiger partial charge on any atom is 0.174 e. The monoisotopic (exact) mass is 257 g/mol. The van der Waals surface area contributed by atoms with Crippen LogP contribution in [0.3, 0.4) is 0 Å². The second-order valence-electron chi connectivity index (χ2n) is 3.50. The standard InChI is InChI=1S/C12H19NO3S/c1-13-7-9(14)8-5-6-10(17-4)12(16-3)11(8)15-2/h5-6,9,13-14H,7H2,1-4H3. The summed E-state index contributed by atoms with van der Waals surface area (Å²) in [5.41, 5.74) is 0.733. The van der Waals surface area contributed by atoms with Crippen molar-refractivity contribution in [2.75, 3.05) is 34.1 Å². The van der Waals surface area contributed by atoms with Gasteiger partial charge in [-0.3, -0.25) is 0 Å². The fourth-order valence-electron chi connectivity index (χ4n) is 1.69. The summed E-state index contributed by atoms with van der Waals surface area (Å²) in [5, 5.41) is 12.9. The van der Waals surface area contributed by atoms with Crippen LogP contribution in [0.2, 0.25) is 0 Å². The first-order valence-corrected chi connectivity index (χ1v) is 6.53. The van der Waals surface area contributed by atoms with E-state index in [4.69, 9.17) is 9.47 Å². The number of ether oxygens (including phenoxy) is 2. The Morgan fingerprint density at radius 2 is 1.94 bits per heavy atom. The van der Waals surface area contributed by atoms with Gasteiger partial charge in [0.25, 0.3) is 0 Å². The number of likely N-dealkylation sites (N-methyl/N-ethyl adjacent to an activating group) is 1. The van der Waals surface area contributed by atoms with Gasteiger partial charge in [-0.25, -0.2) is 0 Å². The van der Waals surface area contributed by atoms with Gasteiger partial charge in [0.05, 0.1) is 25.2 Å². The Hall–Kier alpha value is -0.910. The van der Waals surface area contributed by atoms with E-state index in [9.17, 15) is 5.11 Å². The molecule has 1 atom stereocenters. The van der Waals surface area contributed by atoms with E-state index in [2.05, 4.69) is 5.32 Å². The summed E-state index contributed by atoms with van der Waals surface area (Å²) >= 11 is 1.58. The predicted molar refractivity (Wildman–Crippen MR) is 70.2 cm³/mol. The van der Waals surface area contributed by atoms with Crippen molar-refractivity contribution in [3.8, 4) is 11.5 Å². The Kier molecular flexibility index (Phi) is 5.61. The molecule has 96 valence electrons. The number of aliphatic hydroxyl groups excluding tert-OH is 1. The van der Waals surface area contributed by atoms with Crippen LogP contribution < -0.4 is 14.8 Å². The quantitative estimate of drug-likeness (QED) is 0.759. The van der Waals surface area contributed by atoms with Crippen LogP contribution in [0, 0.1) is 0 Å². The van der Waals surface area contributed by atoms with Crippen LogP contribution in [0.15, 0.2) is 17.0 Å². The molecule has 0 aliphatic rings. The number of hydrogen-bond donors (Lipinski definition) is 2. The highest BCUT2D eigenvalue weighted by Gasteiger charge is 2.19. The molecular formula is C12H19NO3S. The average Bonchev–Trinajstić information content (AvgIpc) is 2.36. The van der Waals surface area contributed by atoms with Gasteiger partial charge in [-0.15, -0.1) is 11.8 Å². The molecule has 0 amide bonds. The van der Waals surface area contributed by atoms with Gasteiger partial charge >= 0.3 is 0 Å². The molecule has 0 saturated heterocycles. The van der Waals surface area contributed by atoms with Crippen LogP contribution in [0.25, 0.3) is 0 Å². The molecular weight excluding hydrogens is 238 g/mol. The van der Waals surface area contributed by atoms with Crippen LogP contribution in [0.1, 0.15) is 11.7 Å². The highest BCUT2D eigenvalue weighted by molar-refractivity contribution is 7.98. The lowest BCUT2D eigenvalue weighted by molar-refractivity contribution is 0.172. The van der Waals surface area contributed by atoms with Gasteiger partial charge in [-0.2, -0.15) is 0 Å². The van der Waals surface area contributed by atoms with Gasteiger partial charge in [-0.05, 0) is 19.4 Å². The van der Waals surface area contributed by atoms with E-state index in [1.54, 1.807) is 33.0 Å². The zero-order valence-corrected chi connectivity index (χ0v) is 11.4. The van der Waals surface area contributed by atoms with Crippen molar-refractivity contribution in [2.24, 2.45) is 0 Å². The van der Waals surface area contributed by atoms with Crippen molar-refractivity contribution in [1.82, 2.24) is 5.32 Å². The van der Waals surface area contributed by atoms with Crippen LogP contribution in [0.4, 0.5) is 0 Å². The van der Waals surface area contributed by atoms with E-state index in [0.717, 1.165) is 10.5 Å². The molecule has 0 aliphatic heterocycles. The van der Waals surface area contributed by atoms with Crippen molar-refractivity contribution < 1.29 is 14.6 Å². The number of aliphatic hydroxyl groups is 1. The molecule has 0 spiro atoms. The number of benzene rings is 1. The normalized spacial score (nSPS) is 12.3. The van der Waals surface area contributed by atoms with Crippen molar-refractivity contribution >= 4 is 11.8 Å². The molecule has 0 fully saturated rings. The first-order chi connectivity index (χ1) is 8.19. The van der Waals surface area contributed by atoms with Gasteiger partial charge in [-0.1, -0.05) is 6.07 Å². The summed E-state index contributed by atoms with van der Waals surface area (Å²) in [6.45, 7) is 0.470. The van der Waals surface area contributed by atoms with Crippen molar-refractivity contribution in [3.05, 3.63) is 17.7 Å². The topological polar surface area (TPSA) is 50.7 Å². The second kappa shape index (κ2) is 6.74. The molecule has 5 heteroatoms. The van der Waals surface area contributed by atoms with Crippen LogP contribution in [0.5, 0.6) is 11.5 Å². The summed E-state index contributed by atoms with van der Waals surface area (Å²) in [4.78, 5) is 0.991. The SMILES string of the molecule is CNCC(O)c1ccc(SC)c(OC)c1OC. The minimum absolute atomic E-state index is 0.470. The molecule has 4 nitrogen and oxygen atoms in total. The third kappa shape index (κ3) is 3.06. The highest BCUT2D eigenvalue weighted by atomic mass is 32.2. The summed E-state index contributed by atoms with van der Waals surface area (Å²) in [5.74, 6) is 1.27. The number of nitrogens with one attached hydrogen (secondary N) is 1. The Balaban J connectivity index is 3.22. The molecule has 0 aromatic heterocycles. The minimum atomic E-state index is -0.611. The largest absolute Gasteiger partial charge is 0.492 e. The van der Waals surface area contributed by atoms with Crippen molar-refractivity contribution in [3.63, 3.8) is 0 Å². The summed E-state index contributed by atoms with van der Waals surface area (Å²) in [6, 6.07) is 3.80. The Morgan fingerprint density at radius 1 is 1.29 bits per heavy atom. The summed E-state index contributed by atoms with van der Waals surface area (Å²) in [6.07, 6.45) is 1.36. The average molecular weight is 257 g/mol. The van der Waals surface area contributed by atoms with Crippen LogP contribution in [-0.4, -0.2) is 39.2 Å². The van der Waals surface area contributed by atoms with Crippen molar-refractivity contribution in [1.29, 1.82) is 0 Å². The van der Waals surface area contributed by atoms with E-state index in [-0.39, 0.29) is 0 Å². The third-order valence-corrected chi connectivity index (χ3v) is 3.25. The van der Waals surface area contributed by atoms with E-state index in [1.807, 2.05) is 18.4 Å². The maximum atomic E-state index is 10.0. The van der Waals surface area contributed by atoms with Crippen LogP contribution in [-0.2, 0) is 0 Å². The lowest BCUT2D eigenvalue weighted by Gasteiger charge is -2.18. The van der Waals surface area contributed by atoms with Crippen molar-refractivity contribution in [2.45, 2.75) is 11.0 Å². The molecule has 0 saturated carbocycles. The molecule has 0 heterocycles. The first-order valence-electron chi connectivity index (χ1n) is 5.31. The summed E-state index contributed by atoms with van der Waals surface area (Å²) < 4.78 is 10.7.